The first kappa shape index (κ1) is 12.7. The lowest BCUT2D eigenvalue weighted by Crippen LogP contribution is -2.13. The molecule has 1 heterocycles. The van der Waals surface area contributed by atoms with Gasteiger partial charge in [-0.05, 0) is 30.3 Å². The van der Waals surface area contributed by atoms with Crippen molar-refractivity contribution in [2.75, 3.05) is 5.32 Å². The molecule has 3 aromatic rings. The first-order chi connectivity index (χ1) is 9.63. The normalized spacial score (nSPS) is 10.7. The van der Waals surface area contributed by atoms with E-state index >= 15 is 0 Å². The van der Waals surface area contributed by atoms with E-state index in [1.807, 2.05) is 24.3 Å². The average molecular weight is 289 g/mol. The number of anilines is 1. The summed E-state index contributed by atoms with van der Waals surface area (Å²) in [4.78, 5) is 15.1. The molecule has 0 spiro atoms. The molecular weight excluding hydrogens is 279 g/mol. The minimum Gasteiger partial charge on any atom is -0.351 e. The molecule has 100 valence electrons. The van der Waals surface area contributed by atoms with Crippen LogP contribution in [0.3, 0.4) is 0 Å². The number of aromatic amines is 1. The van der Waals surface area contributed by atoms with E-state index in [-0.39, 0.29) is 10.7 Å². The number of carbonyl (C=O) groups excluding carboxylic acids is 1. The zero-order valence-electron chi connectivity index (χ0n) is 10.3. The molecule has 0 radical (unpaired) electrons. The number of H-pyrrole nitrogens is 1. The van der Waals surface area contributed by atoms with Crippen molar-refractivity contribution in [3.63, 3.8) is 0 Å². The minimum absolute atomic E-state index is 0.0954. The van der Waals surface area contributed by atoms with E-state index in [2.05, 4.69) is 10.3 Å². The van der Waals surface area contributed by atoms with Gasteiger partial charge in [0.15, 0.2) is 0 Å². The van der Waals surface area contributed by atoms with Crippen LogP contribution in [-0.2, 0) is 0 Å². The molecule has 0 atom stereocenters. The summed E-state index contributed by atoms with van der Waals surface area (Å²) in [6.07, 6.45) is 0. The Morgan fingerprint density at radius 2 is 1.95 bits per heavy atom. The molecule has 20 heavy (non-hydrogen) atoms. The summed E-state index contributed by atoms with van der Waals surface area (Å²) in [7, 11) is 0. The van der Waals surface area contributed by atoms with Gasteiger partial charge in [0.25, 0.3) is 5.91 Å². The van der Waals surface area contributed by atoms with Crippen molar-refractivity contribution < 1.29 is 9.18 Å². The Hall–Kier alpha value is -2.33. The van der Waals surface area contributed by atoms with Crippen molar-refractivity contribution in [2.24, 2.45) is 0 Å². The molecule has 3 nitrogen and oxygen atoms in total. The Bertz CT molecular complexity index is 764. The fourth-order valence-corrected chi connectivity index (χ4v) is 2.13. The second-order valence-corrected chi connectivity index (χ2v) is 4.78. The van der Waals surface area contributed by atoms with E-state index in [9.17, 15) is 9.18 Å². The van der Waals surface area contributed by atoms with Gasteiger partial charge in [0, 0.05) is 15.9 Å². The van der Waals surface area contributed by atoms with Crippen LogP contribution in [0, 0.1) is 5.82 Å². The number of carbonyl (C=O) groups is 1. The number of fused-ring (bicyclic) bond motifs is 1. The highest BCUT2D eigenvalue weighted by Crippen LogP contribution is 2.20. The molecular formula is C15H10ClFN2O. The Morgan fingerprint density at radius 3 is 2.70 bits per heavy atom. The zero-order valence-corrected chi connectivity index (χ0v) is 11.0. The molecule has 0 aliphatic rings. The quantitative estimate of drug-likeness (QED) is 0.729. The van der Waals surface area contributed by atoms with Crippen LogP contribution in [-0.4, -0.2) is 10.9 Å². The van der Waals surface area contributed by atoms with Gasteiger partial charge in [-0.15, -0.1) is 0 Å². The molecule has 0 aliphatic heterocycles. The van der Waals surface area contributed by atoms with Gasteiger partial charge >= 0.3 is 0 Å². The maximum atomic E-state index is 13.6. The highest BCUT2D eigenvalue weighted by Gasteiger charge is 2.12. The maximum Gasteiger partial charge on any atom is 0.272 e. The zero-order chi connectivity index (χ0) is 14.1. The van der Waals surface area contributed by atoms with Crippen molar-refractivity contribution in [3.05, 3.63) is 65.1 Å². The lowest BCUT2D eigenvalue weighted by atomic mass is 10.2. The SMILES string of the molecule is O=C(Nc1ccc(Cl)cc1F)c1cc2ccccc2[nH]1. The third kappa shape index (κ3) is 2.38. The fraction of sp³-hybridized carbons (Fsp3) is 0. The second kappa shape index (κ2) is 4.98. The summed E-state index contributed by atoms with van der Waals surface area (Å²) >= 11 is 5.67. The van der Waals surface area contributed by atoms with Gasteiger partial charge in [-0.3, -0.25) is 4.79 Å². The van der Waals surface area contributed by atoms with Gasteiger partial charge in [-0.25, -0.2) is 4.39 Å². The first-order valence-electron chi connectivity index (χ1n) is 5.97. The fourth-order valence-electron chi connectivity index (χ4n) is 1.98. The summed E-state index contributed by atoms with van der Waals surface area (Å²) < 4.78 is 13.6. The van der Waals surface area contributed by atoms with Gasteiger partial charge in [0.05, 0.1) is 5.69 Å². The number of amides is 1. The van der Waals surface area contributed by atoms with Crippen LogP contribution in [0.1, 0.15) is 10.5 Å². The molecule has 0 saturated carbocycles. The molecule has 0 fully saturated rings. The number of halogens is 2. The first-order valence-corrected chi connectivity index (χ1v) is 6.35. The summed E-state index contributed by atoms with van der Waals surface area (Å²) in [5.74, 6) is -0.968. The summed E-state index contributed by atoms with van der Waals surface area (Å²) in [6.45, 7) is 0. The number of para-hydroxylation sites is 1. The van der Waals surface area contributed by atoms with Crippen molar-refractivity contribution in [2.45, 2.75) is 0 Å². The number of rotatable bonds is 2. The second-order valence-electron chi connectivity index (χ2n) is 4.35. The molecule has 1 aromatic heterocycles. The monoisotopic (exact) mass is 288 g/mol. The highest BCUT2D eigenvalue weighted by molar-refractivity contribution is 6.30. The minimum atomic E-state index is -0.568. The Labute approximate surface area is 119 Å². The van der Waals surface area contributed by atoms with Crippen LogP contribution in [0.5, 0.6) is 0 Å². The molecule has 3 rings (SSSR count). The van der Waals surface area contributed by atoms with Crippen molar-refractivity contribution in [1.82, 2.24) is 4.98 Å². The van der Waals surface area contributed by atoms with E-state index in [0.29, 0.717) is 5.69 Å². The standard InChI is InChI=1S/C15H10ClFN2O/c16-10-5-6-13(11(17)8-10)19-15(20)14-7-9-3-1-2-4-12(9)18-14/h1-8,18H,(H,19,20). The average Bonchev–Trinajstić information content (AvgIpc) is 2.86. The topological polar surface area (TPSA) is 44.9 Å². The van der Waals surface area contributed by atoms with E-state index < -0.39 is 11.7 Å². The lowest BCUT2D eigenvalue weighted by Gasteiger charge is -2.05. The van der Waals surface area contributed by atoms with E-state index in [0.717, 1.165) is 17.0 Å². The van der Waals surface area contributed by atoms with Crippen LogP contribution in [0.4, 0.5) is 10.1 Å². The molecule has 0 unspecified atom stereocenters. The summed E-state index contributed by atoms with van der Waals surface area (Å²) in [5, 5.41) is 3.72. The molecule has 1 amide bonds. The van der Waals surface area contributed by atoms with E-state index in [1.54, 1.807) is 6.07 Å². The molecule has 0 bridgehead atoms. The van der Waals surface area contributed by atoms with Gasteiger partial charge in [0.1, 0.15) is 11.5 Å². The number of hydrogen-bond acceptors (Lipinski definition) is 1. The number of aromatic nitrogens is 1. The van der Waals surface area contributed by atoms with Crippen LogP contribution in [0.15, 0.2) is 48.5 Å². The molecule has 2 aromatic carbocycles. The van der Waals surface area contributed by atoms with Crippen molar-refractivity contribution >= 4 is 34.1 Å². The number of nitrogens with one attached hydrogen (secondary N) is 2. The Balaban J connectivity index is 1.89. The van der Waals surface area contributed by atoms with Gasteiger partial charge in [-0.1, -0.05) is 29.8 Å². The van der Waals surface area contributed by atoms with Gasteiger partial charge in [-0.2, -0.15) is 0 Å². The summed E-state index contributed by atoms with van der Waals surface area (Å²) in [5.41, 5.74) is 1.33. The Morgan fingerprint density at radius 1 is 1.15 bits per heavy atom. The van der Waals surface area contributed by atoms with E-state index in [4.69, 9.17) is 11.6 Å². The van der Waals surface area contributed by atoms with Gasteiger partial charge in [0.2, 0.25) is 0 Å². The Kier molecular flexibility index (Phi) is 3.16. The van der Waals surface area contributed by atoms with Crippen LogP contribution < -0.4 is 5.32 Å². The number of hydrogen-bond donors (Lipinski definition) is 2. The predicted octanol–water partition coefficient (Wildman–Crippen LogP) is 4.21. The molecule has 0 aliphatic carbocycles. The maximum absolute atomic E-state index is 13.6. The molecule has 0 saturated heterocycles. The molecule has 2 N–H and O–H groups in total. The largest absolute Gasteiger partial charge is 0.351 e. The third-order valence-electron chi connectivity index (χ3n) is 2.95. The highest BCUT2D eigenvalue weighted by atomic mass is 35.5. The van der Waals surface area contributed by atoms with Gasteiger partial charge < -0.3 is 10.3 Å². The number of benzene rings is 2. The van der Waals surface area contributed by atoms with Crippen LogP contribution in [0.25, 0.3) is 10.9 Å². The van der Waals surface area contributed by atoms with Crippen LogP contribution in [0.2, 0.25) is 5.02 Å². The molecule has 5 heteroatoms. The van der Waals surface area contributed by atoms with Crippen LogP contribution >= 0.6 is 11.6 Å². The van der Waals surface area contributed by atoms with Crippen molar-refractivity contribution in [1.29, 1.82) is 0 Å². The smallest absolute Gasteiger partial charge is 0.272 e. The summed E-state index contributed by atoms with van der Waals surface area (Å²) in [6, 6.07) is 13.3. The van der Waals surface area contributed by atoms with Crippen molar-refractivity contribution in [3.8, 4) is 0 Å². The van der Waals surface area contributed by atoms with E-state index in [1.165, 1.54) is 12.1 Å². The lowest BCUT2D eigenvalue weighted by molar-refractivity contribution is 0.102. The predicted molar refractivity (Wildman–Crippen MR) is 77.7 cm³/mol. The third-order valence-corrected chi connectivity index (χ3v) is 3.19.